The van der Waals surface area contributed by atoms with E-state index in [4.69, 9.17) is 17.0 Å². The predicted octanol–water partition coefficient (Wildman–Crippen LogP) is 2.76. The van der Waals surface area contributed by atoms with Crippen LogP contribution >= 0.6 is 12.2 Å². The van der Waals surface area contributed by atoms with Gasteiger partial charge in [-0.05, 0) is 43.3 Å². The molecule has 0 bridgehead atoms. The van der Waals surface area contributed by atoms with Gasteiger partial charge in [-0.1, -0.05) is 26.3 Å². The van der Waals surface area contributed by atoms with Crippen molar-refractivity contribution in [1.82, 2.24) is 10.6 Å². The van der Waals surface area contributed by atoms with Gasteiger partial charge in [0.1, 0.15) is 0 Å². The van der Waals surface area contributed by atoms with Crippen molar-refractivity contribution >= 4 is 40.8 Å². The average Bonchev–Trinajstić information content (AvgIpc) is 2.64. The molecule has 2 amide bonds. The van der Waals surface area contributed by atoms with E-state index in [1.54, 1.807) is 24.3 Å². The lowest BCUT2D eigenvalue weighted by Gasteiger charge is -2.11. The van der Waals surface area contributed by atoms with Gasteiger partial charge >= 0.3 is 5.97 Å². The van der Waals surface area contributed by atoms with Crippen molar-refractivity contribution in [2.45, 2.75) is 46.0 Å². The highest BCUT2D eigenvalue weighted by Crippen LogP contribution is 2.10. The van der Waals surface area contributed by atoms with E-state index in [2.05, 4.69) is 22.9 Å². The molecule has 0 unspecified atom stereocenters. The summed E-state index contributed by atoms with van der Waals surface area (Å²) in [6.45, 7) is 4.93. The van der Waals surface area contributed by atoms with Crippen molar-refractivity contribution in [3.05, 3.63) is 29.8 Å². The normalized spacial score (nSPS) is 10.0. The lowest BCUT2D eigenvalue weighted by molar-refractivity contribution is -0.144. The van der Waals surface area contributed by atoms with Crippen LogP contribution in [0.1, 0.15) is 56.3 Å². The molecule has 1 aromatic carbocycles. The molecule has 27 heavy (non-hydrogen) atoms. The number of hydrogen-bond donors (Lipinski definition) is 3. The Morgan fingerprint density at radius 3 is 2.59 bits per heavy atom. The van der Waals surface area contributed by atoms with Crippen LogP contribution in [0.2, 0.25) is 0 Å². The van der Waals surface area contributed by atoms with Gasteiger partial charge in [-0.25, -0.2) is 0 Å². The van der Waals surface area contributed by atoms with Crippen LogP contribution in [-0.2, 0) is 14.3 Å². The Hall–Kier alpha value is -2.48. The van der Waals surface area contributed by atoms with Crippen molar-refractivity contribution < 1.29 is 19.1 Å². The minimum atomic E-state index is -0.410. The third-order valence-electron chi connectivity index (χ3n) is 3.47. The number of anilines is 1. The number of esters is 1. The quantitative estimate of drug-likeness (QED) is 0.321. The lowest BCUT2D eigenvalue weighted by Crippen LogP contribution is -2.34. The monoisotopic (exact) mass is 393 g/mol. The highest BCUT2D eigenvalue weighted by atomic mass is 32.1. The van der Waals surface area contributed by atoms with Gasteiger partial charge in [0, 0.05) is 24.2 Å². The van der Waals surface area contributed by atoms with Gasteiger partial charge in [0.15, 0.2) is 5.11 Å². The summed E-state index contributed by atoms with van der Waals surface area (Å²) >= 11 is 5.10. The SMILES string of the molecule is CCCCNC(=O)c1cccc(NC(=S)NC(=O)CCC(=O)OCCC)c1. The first-order chi connectivity index (χ1) is 13.0. The number of amides is 2. The predicted molar refractivity (Wildman–Crippen MR) is 109 cm³/mol. The zero-order chi connectivity index (χ0) is 20.1. The van der Waals surface area contributed by atoms with Gasteiger partial charge in [0.05, 0.1) is 13.0 Å². The fourth-order valence-electron chi connectivity index (χ4n) is 2.07. The van der Waals surface area contributed by atoms with E-state index < -0.39 is 5.97 Å². The van der Waals surface area contributed by atoms with E-state index in [9.17, 15) is 14.4 Å². The fraction of sp³-hybridized carbons (Fsp3) is 0.474. The second-order valence-electron chi connectivity index (χ2n) is 5.91. The minimum absolute atomic E-state index is 0.00185. The molecular weight excluding hydrogens is 366 g/mol. The largest absolute Gasteiger partial charge is 0.466 e. The molecule has 0 atom stereocenters. The van der Waals surface area contributed by atoms with E-state index in [-0.39, 0.29) is 29.8 Å². The summed E-state index contributed by atoms with van der Waals surface area (Å²) in [5.74, 6) is -0.949. The summed E-state index contributed by atoms with van der Waals surface area (Å²) in [4.78, 5) is 35.3. The molecule has 8 heteroatoms. The highest BCUT2D eigenvalue weighted by molar-refractivity contribution is 7.80. The number of nitrogens with one attached hydrogen (secondary N) is 3. The number of hydrogen-bond acceptors (Lipinski definition) is 5. The molecule has 148 valence electrons. The van der Waals surface area contributed by atoms with Crippen LogP contribution in [0.15, 0.2) is 24.3 Å². The molecule has 3 N–H and O–H groups in total. The number of unbranched alkanes of at least 4 members (excludes halogenated alkanes) is 1. The standard InChI is InChI=1S/C19H27N3O4S/c1-3-5-11-20-18(25)14-7-6-8-15(13-14)21-19(27)22-16(23)9-10-17(24)26-12-4-2/h6-8,13H,3-5,9-12H2,1-2H3,(H,20,25)(H2,21,22,23,27). The molecule has 0 aliphatic carbocycles. The number of rotatable bonds is 10. The molecule has 0 aliphatic heterocycles. The summed E-state index contributed by atoms with van der Waals surface area (Å²) in [5, 5.41) is 8.31. The first kappa shape index (κ1) is 22.6. The Morgan fingerprint density at radius 1 is 1.11 bits per heavy atom. The maximum absolute atomic E-state index is 12.1. The number of thiocarbonyl (C=S) groups is 1. The number of ether oxygens (including phenoxy) is 1. The van der Waals surface area contributed by atoms with Crippen molar-refractivity contribution in [2.75, 3.05) is 18.5 Å². The summed E-state index contributed by atoms with van der Waals surface area (Å²) in [7, 11) is 0. The maximum Gasteiger partial charge on any atom is 0.306 e. The van der Waals surface area contributed by atoms with Gasteiger partial charge in [-0.15, -0.1) is 0 Å². The van der Waals surface area contributed by atoms with E-state index >= 15 is 0 Å². The van der Waals surface area contributed by atoms with Gasteiger partial charge in [-0.3, -0.25) is 14.4 Å². The molecule has 0 saturated heterocycles. The third kappa shape index (κ3) is 9.69. The summed E-state index contributed by atoms with van der Waals surface area (Å²) in [5.41, 5.74) is 1.09. The van der Waals surface area contributed by atoms with Crippen molar-refractivity contribution in [3.8, 4) is 0 Å². The summed E-state index contributed by atoms with van der Waals surface area (Å²) < 4.78 is 4.91. The van der Waals surface area contributed by atoms with Crippen LogP contribution in [0.3, 0.4) is 0 Å². The maximum atomic E-state index is 12.1. The highest BCUT2D eigenvalue weighted by Gasteiger charge is 2.10. The van der Waals surface area contributed by atoms with Gasteiger partial charge in [0.2, 0.25) is 5.91 Å². The zero-order valence-corrected chi connectivity index (χ0v) is 16.6. The molecule has 7 nitrogen and oxygen atoms in total. The second-order valence-corrected chi connectivity index (χ2v) is 6.32. The van der Waals surface area contributed by atoms with E-state index in [0.717, 1.165) is 19.3 Å². The molecule has 1 aromatic rings. The lowest BCUT2D eigenvalue weighted by atomic mass is 10.2. The third-order valence-corrected chi connectivity index (χ3v) is 3.68. The topological polar surface area (TPSA) is 96.5 Å². The Kier molecular flexibility index (Phi) is 10.7. The first-order valence-corrected chi connectivity index (χ1v) is 9.51. The van der Waals surface area contributed by atoms with Crippen molar-refractivity contribution in [1.29, 1.82) is 0 Å². The second kappa shape index (κ2) is 12.8. The molecule has 0 aromatic heterocycles. The van der Waals surface area contributed by atoms with Crippen molar-refractivity contribution in [3.63, 3.8) is 0 Å². The van der Waals surface area contributed by atoms with E-state index in [1.165, 1.54) is 0 Å². The van der Waals surface area contributed by atoms with E-state index in [0.29, 0.717) is 24.4 Å². The molecule has 0 spiro atoms. The Bertz CT molecular complexity index is 664. The van der Waals surface area contributed by atoms with E-state index in [1.807, 2.05) is 6.92 Å². The molecule has 0 fully saturated rings. The smallest absolute Gasteiger partial charge is 0.306 e. The van der Waals surface area contributed by atoms with Crippen LogP contribution in [0.25, 0.3) is 0 Å². The fourth-order valence-corrected chi connectivity index (χ4v) is 2.31. The Balaban J connectivity index is 2.45. The van der Waals surface area contributed by atoms with Gasteiger partial charge < -0.3 is 20.7 Å². The van der Waals surface area contributed by atoms with Crippen molar-refractivity contribution in [2.24, 2.45) is 0 Å². The molecular formula is C19H27N3O4S. The summed E-state index contributed by atoms with van der Waals surface area (Å²) in [6.07, 6.45) is 2.66. The van der Waals surface area contributed by atoms with Crippen LogP contribution in [0, 0.1) is 0 Å². The molecule has 0 heterocycles. The van der Waals surface area contributed by atoms with Crippen LogP contribution in [0.5, 0.6) is 0 Å². The summed E-state index contributed by atoms with van der Waals surface area (Å²) in [6, 6.07) is 6.83. The Morgan fingerprint density at radius 2 is 1.89 bits per heavy atom. The molecule has 1 rings (SSSR count). The minimum Gasteiger partial charge on any atom is -0.466 e. The number of benzene rings is 1. The van der Waals surface area contributed by atoms with Crippen LogP contribution in [-0.4, -0.2) is 36.0 Å². The average molecular weight is 394 g/mol. The zero-order valence-electron chi connectivity index (χ0n) is 15.8. The Labute approximate surface area is 165 Å². The molecule has 0 aliphatic rings. The molecule has 0 saturated carbocycles. The molecule has 0 radical (unpaired) electrons. The van der Waals surface area contributed by atoms with Gasteiger partial charge in [-0.2, -0.15) is 0 Å². The first-order valence-electron chi connectivity index (χ1n) is 9.11. The van der Waals surface area contributed by atoms with Gasteiger partial charge in [0.25, 0.3) is 5.91 Å². The number of carbonyl (C=O) groups excluding carboxylic acids is 3. The number of carbonyl (C=O) groups is 3. The van der Waals surface area contributed by atoms with Crippen LogP contribution in [0.4, 0.5) is 5.69 Å². The van der Waals surface area contributed by atoms with Crippen LogP contribution < -0.4 is 16.0 Å².